The van der Waals surface area contributed by atoms with E-state index >= 15 is 0 Å². The van der Waals surface area contributed by atoms with Crippen molar-refractivity contribution in [3.05, 3.63) is 35.5 Å². The van der Waals surface area contributed by atoms with Gasteiger partial charge in [0.25, 0.3) is 11.8 Å². The number of carbonyl (C=O) groups is 1. The Morgan fingerprint density at radius 1 is 1.31 bits per heavy atom. The number of fused-ring (bicyclic) bond motifs is 1. The molecule has 1 amide bonds. The fourth-order valence-corrected chi connectivity index (χ4v) is 4.81. The Balaban J connectivity index is 1.60. The van der Waals surface area contributed by atoms with Crippen molar-refractivity contribution < 1.29 is 44.4 Å². The highest BCUT2D eigenvalue weighted by molar-refractivity contribution is 7.90. The summed E-state index contributed by atoms with van der Waals surface area (Å²) in [6.45, 7) is 2.01. The van der Waals surface area contributed by atoms with Crippen LogP contribution in [0, 0.1) is 5.92 Å². The average molecular weight is 523 g/mol. The molecule has 2 heterocycles. The summed E-state index contributed by atoms with van der Waals surface area (Å²) in [5, 5.41) is 3.68. The van der Waals surface area contributed by atoms with Crippen molar-refractivity contribution >= 4 is 15.7 Å². The van der Waals surface area contributed by atoms with E-state index in [1.54, 1.807) is 0 Å². The largest absolute Gasteiger partial charge is 0.484 e. The molecule has 4 rings (SSSR count). The number of alkyl halides is 5. The highest BCUT2D eigenvalue weighted by atomic mass is 32.2. The van der Waals surface area contributed by atoms with E-state index in [1.165, 1.54) is 4.90 Å². The molecule has 1 saturated carbocycles. The first kappa shape index (κ1) is 25.3. The van der Waals surface area contributed by atoms with E-state index in [9.17, 15) is 35.2 Å². The van der Waals surface area contributed by atoms with Crippen LogP contribution >= 0.6 is 0 Å². The molecule has 1 aromatic heterocycles. The first-order valence-corrected chi connectivity index (χ1v) is 12.5. The number of rotatable bonds is 7. The molecule has 3 atom stereocenters. The normalized spacial score (nSPS) is 23.2. The number of carbonyl (C=O) groups excluding carboxylic acids is 1. The fourth-order valence-electron chi connectivity index (χ4n) is 4.16. The van der Waals surface area contributed by atoms with Crippen molar-refractivity contribution in [2.24, 2.45) is 5.92 Å². The Morgan fingerprint density at radius 2 is 2.00 bits per heavy atom. The Kier molecular flexibility index (Phi) is 5.89. The van der Waals surface area contributed by atoms with Gasteiger partial charge in [-0.05, 0) is 37.5 Å². The van der Waals surface area contributed by atoms with Gasteiger partial charge in [0.15, 0.2) is 21.8 Å². The molecule has 2 unspecified atom stereocenters. The van der Waals surface area contributed by atoms with E-state index in [4.69, 9.17) is 9.26 Å². The Hall–Kier alpha value is -2.77. The number of hydrogen-bond donors (Lipinski definition) is 0. The third-order valence-corrected chi connectivity index (χ3v) is 7.44. The molecule has 35 heavy (non-hydrogen) atoms. The lowest BCUT2D eigenvalue weighted by molar-refractivity contribution is -0.131. The van der Waals surface area contributed by atoms with E-state index in [1.807, 2.05) is 0 Å². The number of halogens is 5. The van der Waals surface area contributed by atoms with Crippen molar-refractivity contribution in [1.82, 2.24) is 15.0 Å². The molecule has 2 fully saturated rings. The summed E-state index contributed by atoms with van der Waals surface area (Å²) >= 11 is 0. The van der Waals surface area contributed by atoms with Crippen molar-refractivity contribution in [2.75, 3.05) is 19.3 Å². The van der Waals surface area contributed by atoms with Gasteiger partial charge >= 0.3 is 6.18 Å². The maximum Gasteiger partial charge on any atom is 0.397 e. The van der Waals surface area contributed by atoms with E-state index in [0.29, 0.717) is 13.3 Å². The standard InChI is InChI=1S/C21H22F5N3O5S/c1-11(19(2,22)23)33-15-5-4-13(35(3,31)32)6-14(15)17(30)29-9-12-7-20(12,10-29)18-27-16(34-28-18)8-21(24,25)26/h4-6,11-12H,7-10H2,1-3H3/t11-,12?,20?/m0/s1. The first-order chi connectivity index (χ1) is 16.0. The van der Waals surface area contributed by atoms with Crippen LogP contribution in [0.1, 0.15) is 42.3 Å². The molecule has 0 radical (unpaired) electrons. The zero-order valence-electron chi connectivity index (χ0n) is 18.9. The minimum absolute atomic E-state index is 0.0452. The second-order valence-electron chi connectivity index (χ2n) is 9.19. The van der Waals surface area contributed by atoms with E-state index in [-0.39, 0.29) is 41.0 Å². The lowest BCUT2D eigenvalue weighted by Crippen LogP contribution is -2.35. The monoisotopic (exact) mass is 523 g/mol. The van der Waals surface area contributed by atoms with E-state index < -0.39 is 51.7 Å². The van der Waals surface area contributed by atoms with Crippen LogP contribution in [0.4, 0.5) is 22.0 Å². The predicted octanol–water partition coefficient (Wildman–Crippen LogP) is 3.41. The molecule has 0 bridgehead atoms. The van der Waals surface area contributed by atoms with Gasteiger partial charge in [-0.3, -0.25) is 4.79 Å². The van der Waals surface area contributed by atoms with Crippen molar-refractivity contribution in [3.8, 4) is 5.75 Å². The molecule has 2 aromatic rings. The minimum Gasteiger partial charge on any atom is -0.484 e. The van der Waals surface area contributed by atoms with Crippen LogP contribution in [-0.2, 0) is 21.7 Å². The van der Waals surface area contributed by atoms with Crippen LogP contribution in [0.15, 0.2) is 27.6 Å². The molecule has 1 aromatic carbocycles. The van der Waals surface area contributed by atoms with Crippen LogP contribution < -0.4 is 4.74 Å². The smallest absolute Gasteiger partial charge is 0.397 e. The number of amides is 1. The summed E-state index contributed by atoms with van der Waals surface area (Å²) in [4.78, 5) is 18.4. The minimum atomic E-state index is -4.52. The summed E-state index contributed by atoms with van der Waals surface area (Å²) < 4.78 is 99.4. The van der Waals surface area contributed by atoms with Crippen LogP contribution in [0.25, 0.3) is 0 Å². The molecule has 8 nitrogen and oxygen atoms in total. The van der Waals surface area contributed by atoms with Gasteiger partial charge in [0.1, 0.15) is 12.2 Å². The Bertz CT molecular complexity index is 1260. The molecule has 192 valence electrons. The van der Waals surface area contributed by atoms with Crippen LogP contribution in [-0.4, -0.2) is 66.9 Å². The molecule has 1 saturated heterocycles. The topological polar surface area (TPSA) is 103 Å². The quantitative estimate of drug-likeness (QED) is 0.513. The van der Waals surface area contributed by atoms with Gasteiger partial charge in [0.2, 0.25) is 5.89 Å². The third kappa shape index (κ3) is 5.11. The number of sulfone groups is 1. The number of nitrogens with zero attached hydrogens (tertiary/aromatic N) is 3. The van der Waals surface area contributed by atoms with Gasteiger partial charge in [-0.25, -0.2) is 17.2 Å². The number of likely N-dealkylation sites (tertiary alicyclic amines) is 1. The summed E-state index contributed by atoms with van der Waals surface area (Å²) in [5.74, 6) is -4.76. The van der Waals surface area contributed by atoms with Gasteiger partial charge < -0.3 is 14.2 Å². The lowest BCUT2D eigenvalue weighted by Gasteiger charge is -2.25. The van der Waals surface area contributed by atoms with Gasteiger partial charge in [0.05, 0.1) is 15.9 Å². The van der Waals surface area contributed by atoms with E-state index in [0.717, 1.165) is 31.4 Å². The maximum atomic E-state index is 13.7. The summed E-state index contributed by atoms with van der Waals surface area (Å²) in [7, 11) is -3.72. The molecular formula is C21H22F5N3O5S. The van der Waals surface area contributed by atoms with Gasteiger partial charge in [-0.2, -0.15) is 18.2 Å². The van der Waals surface area contributed by atoms with Crippen molar-refractivity contribution in [2.45, 2.75) is 55.2 Å². The summed E-state index contributed by atoms with van der Waals surface area (Å²) in [6, 6.07) is 3.38. The number of ether oxygens (including phenoxy) is 1. The molecule has 0 spiro atoms. The fraction of sp³-hybridized carbons (Fsp3) is 0.571. The second kappa shape index (κ2) is 8.14. The molecular weight excluding hydrogens is 501 g/mol. The van der Waals surface area contributed by atoms with Crippen LogP contribution in [0.5, 0.6) is 5.75 Å². The Morgan fingerprint density at radius 3 is 2.60 bits per heavy atom. The van der Waals surface area contributed by atoms with Crippen LogP contribution in [0.2, 0.25) is 0 Å². The SMILES string of the molecule is C[C@H](Oc1ccc(S(C)(=O)=O)cc1C(=O)N1CC2CC2(c2noc(CC(F)(F)F)n2)C1)C(C)(F)F. The summed E-state index contributed by atoms with van der Waals surface area (Å²) in [5.41, 5.74) is -0.992. The molecule has 0 N–H and O–H groups in total. The predicted molar refractivity (Wildman–Crippen MR) is 110 cm³/mol. The second-order valence-corrected chi connectivity index (χ2v) is 11.2. The van der Waals surface area contributed by atoms with Crippen molar-refractivity contribution in [1.29, 1.82) is 0 Å². The number of piperidine rings is 1. The molecule has 1 aliphatic heterocycles. The Labute approximate surface area is 197 Å². The zero-order valence-corrected chi connectivity index (χ0v) is 19.7. The highest BCUT2D eigenvalue weighted by Gasteiger charge is 2.64. The lowest BCUT2D eigenvalue weighted by atomic mass is 10.1. The number of aromatic nitrogens is 2. The summed E-state index contributed by atoms with van der Waals surface area (Å²) in [6.07, 6.45) is -6.02. The highest BCUT2D eigenvalue weighted by Crippen LogP contribution is 2.58. The van der Waals surface area contributed by atoms with Gasteiger partial charge in [-0.15, -0.1) is 0 Å². The van der Waals surface area contributed by atoms with E-state index in [2.05, 4.69) is 10.1 Å². The van der Waals surface area contributed by atoms with Gasteiger partial charge in [-0.1, -0.05) is 5.16 Å². The van der Waals surface area contributed by atoms with Gasteiger partial charge in [0, 0.05) is 26.3 Å². The molecule has 1 aliphatic carbocycles. The first-order valence-electron chi connectivity index (χ1n) is 10.6. The molecule has 2 aliphatic rings. The number of hydrogen-bond acceptors (Lipinski definition) is 7. The zero-order chi connectivity index (χ0) is 26.0. The third-order valence-electron chi connectivity index (χ3n) is 6.33. The van der Waals surface area contributed by atoms with Crippen LogP contribution in [0.3, 0.4) is 0 Å². The van der Waals surface area contributed by atoms with Crippen molar-refractivity contribution in [3.63, 3.8) is 0 Å². The molecule has 14 heteroatoms. The average Bonchev–Trinajstić information content (AvgIpc) is 3.05. The number of benzene rings is 1. The maximum absolute atomic E-state index is 13.7.